The summed E-state index contributed by atoms with van der Waals surface area (Å²) in [6.45, 7) is 4.82. The van der Waals surface area contributed by atoms with Gasteiger partial charge in [0.15, 0.2) is 5.69 Å². The fraction of sp³-hybridized carbons (Fsp3) is 0.421. The molecule has 7 heteroatoms. The Morgan fingerprint density at radius 2 is 1.85 bits per heavy atom. The summed E-state index contributed by atoms with van der Waals surface area (Å²) in [7, 11) is 2.71. The number of nitrogens with zero attached hydrogens (tertiary/aromatic N) is 3. The highest BCUT2D eigenvalue weighted by atomic mass is 16.5. The van der Waals surface area contributed by atoms with Crippen LogP contribution in [-0.4, -0.2) is 42.5 Å². The molecule has 0 unspecified atom stereocenters. The second-order valence-electron chi connectivity index (χ2n) is 6.14. The summed E-state index contributed by atoms with van der Waals surface area (Å²) in [5.74, 6) is -0.763. The van der Waals surface area contributed by atoms with Crippen LogP contribution in [0, 0.1) is 0 Å². The van der Waals surface area contributed by atoms with Gasteiger partial charge in [0.1, 0.15) is 0 Å². The Balaban J connectivity index is 2.40. The van der Waals surface area contributed by atoms with Crippen LogP contribution in [0.1, 0.15) is 42.4 Å². The van der Waals surface area contributed by atoms with E-state index in [4.69, 9.17) is 9.47 Å². The van der Waals surface area contributed by atoms with E-state index in [0.29, 0.717) is 24.5 Å². The molecule has 1 aromatic heterocycles. The molecular formula is C19H25N3O4. The molecular weight excluding hydrogens is 334 g/mol. The van der Waals surface area contributed by atoms with Gasteiger partial charge in [-0.25, -0.2) is 4.79 Å². The average molecular weight is 359 g/mol. The van der Waals surface area contributed by atoms with E-state index in [9.17, 15) is 9.59 Å². The normalized spacial score (nSPS) is 10.7. The number of methoxy groups -OCH3 is 2. The second-order valence-corrected chi connectivity index (χ2v) is 6.14. The number of carbonyl (C=O) groups is 2. The van der Waals surface area contributed by atoms with Crippen LogP contribution in [0.25, 0.3) is 0 Å². The quantitative estimate of drug-likeness (QED) is 0.675. The maximum Gasteiger partial charge on any atom is 0.358 e. The van der Waals surface area contributed by atoms with Crippen LogP contribution in [0.4, 0.5) is 5.69 Å². The number of ether oxygens (including phenoxy) is 2. The van der Waals surface area contributed by atoms with Crippen molar-refractivity contribution in [2.75, 3.05) is 25.7 Å². The highest BCUT2D eigenvalue weighted by Gasteiger charge is 2.25. The van der Waals surface area contributed by atoms with Crippen molar-refractivity contribution in [1.82, 2.24) is 9.78 Å². The Kier molecular flexibility index (Phi) is 6.77. The van der Waals surface area contributed by atoms with Gasteiger partial charge in [0.2, 0.25) is 0 Å². The molecule has 0 amide bonds. The lowest BCUT2D eigenvalue weighted by Crippen LogP contribution is -2.28. The molecule has 0 aliphatic heterocycles. The Labute approximate surface area is 153 Å². The third kappa shape index (κ3) is 4.62. The molecule has 0 saturated heterocycles. The van der Waals surface area contributed by atoms with Crippen molar-refractivity contribution in [3.63, 3.8) is 0 Å². The van der Waals surface area contributed by atoms with Crippen molar-refractivity contribution >= 4 is 17.6 Å². The average Bonchev–Trinajstić information content (AvgIpc) is 3.10. The lowest BCUT2D eigenvalue weighted by atomic mass is 10.2. The monoisotopic (exact) mass is 359 g/mol. The molecule has 0 aliphatic carbocycles. The zero-order chi connectivity index (χ0) is 19.1. The summed E-state index contributed by atoms with van der Waals surface area (Å²) in [4.78, 5) is 25.9. The van der Waals surface area contributed by atoms with E-state index in [0.717, 1.165) is 5.56 Å². The molecule has 0 fully saturated rings. The van der Waals surface area contributed by atoms with Crippen molar-refractivity contribution < 1.29 is 19.1 Å². The third-order valence-corrected chi connectivity index (χ3v) is 4.01. The highest BCUT2D eigenvalue weighted by molar-refractivity contribution is 5.94. The Hall–Kier alpha value is -2.83. The number of esters is 2. The first-order valence-electron chi connectivity index (χ1n) is 8.49. The molecule has 0 saturated carbocycles. The Bertz CT molecular complexity index is 740. The number of carbonyl (C=O) groups excluding carboxylic acids is 2. The minimum absolute atomic E-state index is 0.00275. The zero-order valence-electron chi connectivity index (χ0n) is 15.6. The van der Waals surface area contributed by atoms with Gasteiger partial charge in [0.25, 0.3) is 0 Å². The van der Waals surface area contributed by atoms with Gasteiger partial charge in [-0.2, -0.15) is 5.10 Å². The summed E-state index contributed by atoms with van der Waals surface area (Å²) in [5, 5.41) is 4.35. The van der Waals surface area contributed by atoms with Crippen LogP contribution >= 0.6 is 0 Å². The summed E-state index contributed by atoms with van der Waals surface area (Å²) < 4.78 is 11.3. The first-order chi connectivity index (χ1) is 12.5. The van der Waals surface area contributed by atoms with Crippen molar-refractivity contribution in [3.8, 4) is 0 Å². The van der Waals surface area contributed by atoms with Crippen LogP contribution in [0.15, 0.2) is 36.5 Å². The molecule has 0 atom stereocenters. The van der Waals surface area contributed by atoms with Crippen LogP contribution in [0.5, 0.6) is 0 Å². The smallest absolute Gasteiger partial charge is 0.358 e. The Morgan fingerprint density at radius 3 is 2.42 bits per heavy atom. The fourth-order valence-corrected chi connectivity index (χ4v) is 2.69. The second kappa shape index (κ2) is 9.03. The van der Waals surface area contributed by atoms with Crippen LogP contribution in [-0.2, 0) is 20.8 Å². The molecule has 0 radical (unpaired) electrons. The molecule has 2 rings (SSSR count). The molecule has 2 aromatic rings. The van der Waals surface area contributed by atoms with Gasteiger partial charge in [0.05, 0.1) is 32.5 Å². The number of anilines is 1. The number of benzene rings is 1. The van der Waals surface area contributed by atoms with E-state index in [1.165, 1.54) is 14.2 Å². The predicted octanol–water partition coefficient (Wildman–Crippen LogP) is 2.82. The van der Waals surface area contributed by atoms with E-state index in [-0.39, 0.29) is 18.4 Å². The number of rotatable bonds is 8. The molecule has 26 heavy (non-hydrogen) atoms. The Morgan fingerprint density at radius 1 is 1.15 bits per heavy atom. The van der Waals surface area contributed by atoms with Crippen molar-refractivity contribution in [2.45, 2.75) is 32.9 Å². The summed E-state index contributed by atoms with van der Waals surface area (Å²) in [5.41, 5.74) is 2.08. The summed E-state index contributed by atoms with van der Waals surface area (Å²) >= 11 is 0. The lowest BCUT2D eigenvalue weighted by Gasteiger charge is -2.24. The van der Waals surface area contributed by atoms with Gasteiger partial charge in [-0.05, 0) is 19.4 Å². The topological polar surface area (TPSA) is 73.7 Å². The van der Waals surface area contributed by atoms with Crippen LogP contribution < -0.4 is 4.90 Å². The number of hydrogen-bond acceptors (Lipinski definition) is 6. The maximum absolute atomic E-state index is 12.4. The van der Waals surface area contributed by atoms with Gasteiger partial charge in [0, 0.05) is 19.1 Å². The number of aromatic nitrogens is 2. The van der Waals surface area contributed by atoms with Gasteiger partial charge in [-0.3, -0.25) is 9.48 Å². The van der Waals surface area contributed by atoms with Crippen molar-refractivity contribution in [3.05, 3.63) is 47.8 Å². The van der Waals surface area contributed by atoms with Crippen molar-refractivity contribution in [1.29, 1.82) is 0 Å². The molecule has 0 bridgehead atoms. The van der Waals surface area contributed by atoms with Gasteiger partial charge >= 0.3 is 11.9 Å². The lowest BCUT2D eigenvalue weighted by molar-refractivity contribution is -0.140. The molecule has 0 aliphatic rings. The van der Waals surface area contributed by atoms with E-state index < -0.39 is 5.97 Å². The predicted molar refractivity (Wildman–Crippen MR) is 98.1 cm³/mol. The maximum atomic E-state index is 12.4. The molecule has 1 aromatic carbocycles. The number of hydrogen-bond donors (Lipinski definition) is 0. The first kappa shape index (κ1) is 19.5. The highest BCUT2D eigenvalue weighted by Crippen LogP contribution is 2.26. The van der Waals surface area contributed by atoms with Crippen LogP contribution in [0.3, 0.4) is 0 Å². The van der Waals surface area contributed by atoms with E-state index in [1.54, 1.807) is 10.9 Å². The summed E-state index contributed by atoms with van der Waals surface area (Å²) in [6, 6.07) is 9.83. The minimum atomic E-state index is -0.456. The molecule has 7 nitrogen and oxygen atoms in total. The summed E-state index contributed by atoms with van der Waals surface area (Å²) in [6.07, 6.45) is 1.85. The molecule has 0 N–H and O–H groups in total. The molecule has 140 valence electrons. The SMILES string of the molecule is COC(=O)CCN(Cc1ccccc1)c1cnn(C(C)C)c1C(=O)OC. The third-order valence-electron chi connectivity index (χ3n) is 4.01. The molecule has 1 heterocycles. The van der Waals surface area contributed by atoms with Gasteiger partial charge < -0.3 is 14.4 Å². The zero-order valence-corrected chi connectivity index (χ0v) is 15.6. The van der Waals surface area contributed by atoms with E-state index >= 15 is 0 Å². The van der Waals surface area contributed by atoms with E-state index in [2.05, 4.69) is 5.10 Å². The van der Waals surface area contributed by atoms with Gasteiger partial charge in [-0.1, -0.05) is 30.3 Å². The van der Waals surface area contributed by atoms with E-state index in [1.807, 2.05) is 49.1 Å². The van der Waals surface area contributed by atoms with Gasteiger partial charge in [-0.15, -0.1) is 0 Å². The standard InChI is InChI=1S/C19H25N3O4/c1-14(2)22-18(19(24)26-4)16(12-20-22)21(11-10-17(23)25-3)13-15-8-6-5-7-9-15/h5-9,12,14H,10-11,13H2,1-4H3. The molecule has 0 spiro atoms. The minimum Gasteiger partial charge on any atom is -0.469 e. The first-order valence-corrected chi connectivity index (χ1v) is 8.49. The largest absolute Gasteiger partial charge is 0.469 e. The van der Waals surface area contributed by atoms with Crippen LogP contribution in [0.2, 0.25) is 0 Å². The van der Waals surface area contributed by atoms with Crippen molar-refractivity contribution in [2.24, 2.45) is 0 Å². The fourth-order valence-electron chi connectivity index (χ4n) is 2.69.